The summed E-state index contributed by atoms with van der Waals surface area (Å²) in [6.07, 6.45) is 3.22. The van der Waals surface area contributed by atoms with E-state index in [0.29, 0.717) is 37.1 Å². The van der Waals surface area contributed by atoms with Crippen molar-refractivity contribution in [2.75, 3.05) is 37.6 Å². The molecule has 188 valence electrons. The third-order valence-electron chi connectivity index (χ3n) is 6.56. The van der Waals surface area contributed by atoms with Crippen molar-refractivity contribution in [1.82, 2.24) is 20.2 Å². The topological polar surface area (TPSA) is 87.7 Å². The molecule has 0 saturated carbocycles. The van der Waals surface area contributed by atoms with Crippen molar-refractivity contribution in [1.29, 1.82) is 0 Å². The average Bonchev–Trinajstić information content (AvgIpc) is 3.20. The van der Waals surface area contributed by atoms with E-state index in [1.54, 1.807) is 18.5 Å². The molecule has 1 aliphatic carbocycles. The number of hydrogen-bond donors (Lipinski definition) is 1. The molecule has 1 saturated heterocycles. The molecule has 1 aromatic heterocycles. The van der Waals surface area contributed by atoms with E-state index in [1.807, 2.05) is 37.8 Å². The molecule has 2 heterocycles. The molecule has 1 aromatic carbocycles. The van der Waals surface area contributed by atoms with Crippen LogP contribution in [-0.2, 0) is 16.0 Å². The number of carbonyl (C=O) groups is 2. The standard InChI is InChI=1S/C26H34ClN5O3/c1-17-5-10-21-22(17)23(30-16-29-21)31-11-13-32(14-12-31)24(33)20(18-6-8-19(27)9-7-18)15-28-25(34)35-26(2,3)4/h6-9,16-17,20H,5,10-15H2,1-4H3,(H,28,34). The van der Waals surface area contributed by atoms with Crippen LogP contribution in [0.3, 0.4) is 0 Å². The number of ether oxygens (including phenoxy) is 1. The predicted molar refractivity (Wildman–Crippen MR) is 136 cm³/mol. The minimum atomic E-state index is -0.612. The number of aromatic nitrogens is 2. The van der Waals surface area contributed by atoms with Crippen LogP contribution in [0.25, 0.3) is 0 Å². The summed E-state index contributed by atoms with van der Waals surface area (Å²) < 4.78 is 5.36. The van der Waals surface area contributed by atoms with Crippen LogP contribution >= 0.6 is 11.6 Å². The number of carbonyl (C=O) groups excluding carboxylic acids is 2. The largest absolute Gasteiger partial charge is 0.444 e. The Morgan fingerprint density at radius 1 is 1.14 bits per heavy atom. The molecule has 4 rings (SSSR count). The van der Waals surface area contributed by atoms with Crippen molar-refractivity contribution in [3.63, 3.8) is 0 Å². The smallest absolute Gasteiger partial charge is 0.407 e. The van der Waals surface area contributed by atoms with E-state index >= 15 is 0 Å². The molecule has 2 aliphatic rings. The van der Waals surface area contributed by atoms with Gasteiger partial charge in [-0.3, -0.25) is 4.79 Å². The van der Waals surface area contributed by atoms with Crippen LogP contribution in [0.4, 0.5) is 10.6 Å². The first-order chi connectivity index (χ1) is 16.6. The van der Waals surface area contributed by atoms with E-state index in [-0.39, 0.29) is 12.5 Å². The number of amides is 2. The predicted octanol–water partition coefficient (Wildman–Crippen LogP) is 4.14. The van der Waals surface area contributed by atoms with Gasteiger partial charge in [0.25, 0.3) is 0 Å². The first-order valence-corrected chi connectivity index (χ1v) is 12.6. The summed E-state index contributed by atoms with van der Waals surface area (Å²) >= 11 is 6.07. The van der Waals surface area contributed by atoms with Gasteiger partial charge in [0.15, 0.2) is 0 Å². The highest BCUT2D eigenvalue weighted by Crippen LogP contribution is 2.37. The maximum Gasteiger partial charge on any atom is 0.407 e. The maximum atomic E-state index is 13.6. The van der Waals surface area contributed by atoms with Gasteiger partial charge in [-0.1, -0.05) is 30.7 Å². The van der Waals surface area contributed by atoms with Crippen molar-refractivity contribution in [3.8, 4) is 0 Å². The molecule has 1 N–H and O–H groups in total. The van der Waals surface area contributed by atoms with Gasteiger partial charge < -0.3 is 19.9 Å². The van der Waals surface area contributed by atoms with Gasteiger partial charge >= 0.3 is 6.09 Å². The number of benzene rings is 1. The highest BCUT2D eigenvalue weighted by atomic mass is 35.5. The molecule has 35 heavy (non-hydrogen) atoms. The molecule has 2 aromatic rings. The quantitative estimate of drug-likeness (QED) is 0.665. The third-order valence-corrected chi connectivity index (χ3v) is 6.82. The Hall–Kier alpha value is -2.87. The van der Waals surface area contributed by atoms with Crippen molar-refractivity contribution in [3.05, 3.63) is 52.4 Å². The minimum Gasteiger partial charge on any atom is -0.444 e. The van der Waals surface area contributed by atoms with Gasteiger partial charge in [-0.15, -0.1) is 0 Å². The lowest BCUT2D eigenvalue weighted by molar-refractivity contribution is -0.133. The van der Waals surface area contributed by atoms with Gasteiger partial charge in [0.05, 0.1) is 5.92 Å². The second kappa shape index (κ2) is 10.4. The summed E-state index contributed by atoms with van der Waals surface area (Å²) in [5.41, 5.74) is 2.60. The summed E-state index contributed by atoms with van der Waals surface area (Å²) in [4.78, 5) is 39.1. The second-order valence-electron chi connectivity index (χ2n) is 10.3. The molecule has 2 atom stereocenters. The molecule has 8 nitrogen and oxygen atoms in total. The molecule has 2 unspecified atom stereocenters. The number of rotatable bonds is 5. The molecular formula is C26H34ClN5O3. The number of aryl methyl sites for hydroxylation is 1. The summed E-state index contributed by atoms with van der Waals surface area (Å²) in [6.45, 7) is 10.4. The van der Waals surface area contributed by atoms with Crippen LogP contribution < -0.4 is 10.2 Å². The van der Waals surface area contributed by atoms with Crippen molar-refractivity contribution in [2.24, 2.45) is 0 Å². The second-order valence-corrected chi connectivity index (χ2v) is 10.7. The Morgan fingerprint density at radius 3 is 2.49 bits per heavy atom. The van der Waals surface area contributed by atoms with Gasteiger partial charge in [-0.2, -0.15) is 0 Å². The molecule has 9 heteroatoms. The average molecular weight is 500 g/mol. The number of hydrogen-bond acceptors (Lipinski definition) is 6. The van der Waals surface area contributed by atoms with Crippen LogP contribution in [0.1, 0.15) is 62.8 Å². The van der Waals surface area contributed by atoms with E-state index < -0.39 is 17.6 Å². The van der Waals surface area contributed by atoms with E-state index in [0.717, 1.165) is 29.9 Å². The summed E-state index contributed by atoms with van der Waals surface area (Å²) in [5, 5.41) is 3.37. The van der Waals surface area contributed by atoms with Crippen LogP contribution in [0, 0.1) is 0 Å². The van der Waals surface area contributed by atoms with Crippen LogP contribution in [0.5, 0.6) is 0 Å². The fraction of sp³-hybridized carbons (Fsp3) is 0.538. The minimum absolute atomic E-state index is 0.0238. The molecular weight excluding hydrogens is 466 g/mol. The van der Waals surface area contributed by atoms with Gasteiger partial charge in [-0.05, 0) is 57.2 Å². The Bertz CT molecular complexity index is 1060. The molecule has 0 bridgehead atoms. The Morgan fingerprint density at radius 2 is 1.83 bits per heavy atom. The van der Waals surface area contributed by atoms with Crippen molar-refractivity contribution < 1.29 is 14.3 Å². The lowest BCUT2D eigenvalue weighted by Gasteiger charge is -2.38. The Labute approximate surface area is 212 Å². The van der Waals surface area contributed by atoms with Crippen LogP contribution in [-0.4, -0.2) is 65.2 Å². The van der Waals surface area contributed by atoms with E-state index in [2.05, 4.69) is 27.1 Å². The molecule has 1 aliphatic heterocycles. The lowest BCUT2D eigenvalue weighted by atomic mass is 9.97. The summed E-state index contributed by atoms with van der Waals surface area (Å²) in [6, 6.07) is 7.20. The number of alkyl carbamates (subject to hydrolysis) is 1. The normalized spacial score (nSPS) is 18.7. The number of nitrogens with one attached hydrogen (secondary N) is 1. The number of anilines is 1. The van der Waals surface area contributed by atoms with E-state index in [4.69, 9.17) is 16.3 Å². The zero-order valence-corrected chi connectivity index (χ0v) is 21.6. The van der Waals surface area contributed by atoms with Gasteiger partial charge in [0.2, 0.25) is 5.91 Å². The zero-order valence-electron chi connectivity index (χ0n) is 20.9. The molecule has 1 fully saturated rings. The van der Waals surface area contributed by atoms with E-state index in [9.17, 15) is 9.59 Å². The summed E-state index contributed by atoms with van der Waals surface area (Å²) in [7, 11) is 0. The molecule has 2 amide bonds. The van der Waals surface area contributed by atoms with Gasteiger partial charge in [0, 0.05) is 49.0 Å². The fourth-order valence-corrected chi connectivity index (χ4v) is 4.90. The summed E-state index contributed by atoms with van der Waals surface area (Å²) in [5.74, 6) is 0.904. The monoisotopic (exact) mass is 499 g/mol. The Kier molecular flexibility index (Phi) is 7.50. The highest BCUT2D eigenvalue weighted by molar-refractivity contribution is 6.30. The highest BCUT2D eigenvalue weighted by Gasteiger charge is 2.32. The van der Waals surface area contributed by atoms with Crippen LogP contribution in [0.15, 0.2) is 30.6 Å². The number of nitrogens with zero attached hydrogens (tertiary/aromatic N) is 4. The SMILES string of the molecule is CC1CCc2ncnc(N3CCN(C(=O)C(CNC(=O)OC(C)(C)C)c4ccc(Cl)cc4)CC3)c21. The Balaban J connectivity index is 1.45. The third kappa shape index (κ3) is 6.04. The van der Waals surface area contributed by atoms with Gasteiger partial charge in [-0.25, -0.2) is 14.8 Å². The molecule has 0 radical (unpaired) electrons. The van der Waals surface area contributed by atoms with Crippen LogP contribution in [0.2, 0.25) is 5.02 Å². The number of fused-ring (bicyclic) bond motifs is 1. The molecule has 0 spiro atoms. The first kappa shape index (κ1) is 25.2. The number of piperazine rings is 1. The van der Waals surface area contributed by atoms with Crippen molar-refractivity contribution >= 4 is 29.4 Å². The maximum absolute atomic E-state index is 13.6. The van der Waals surface area contributed by atoms with E-state index in [1.165, 1.54) is 5.56 Å². The van der Waals surface area contributed by atoms with Crippen molar-refractivity contribution in [2.45, 2.75) is 58.0 Å². The lowest BCUT2D eigenvalue weighted by Crippen LogP contribution is -2.51. The fourth-order valence-electron chi connectivity index (χ4n) is 4.78. The zero-order chi connectivity index (χ0) is 25.2. The first-order valence-electron chi connectivity index (χ1n) is 12.2. The number of halogens is 1. The van der Waals surface area contributed by atoms with Gasteiger partial charge in [0.1, 0.15) is 17.7 Å².